The molecule has 0 atom stereocenters. The lowest BCUT2D eigenvalue weighted by Gasteiger charge is -2.37. The second kappa shape index (κ2) is 19.6. The summed E-state index contributed by atoms with van der Waals surface area (Å²) >= 11 is 1.31. The highest BCUT2D eigenvalue weighted by Crippen LogP contribution is 2.41. The van der Waals surface area contributed by atoms with Gasteiger partial charge in [0.15, 0.2) is 5.13 Å². The third-order valence-electron chi connectivity index (χ3n) is 10.6. The van der Waals surface area contributed by atoms with Crippen LogP contribution in [0.1, 0.15) is 39.1 Å². The minimum atomic E-state index is -1.23. The van der Waals surface area contributed by atoms with E-state index in [1.165, 1.54) is 11.3 Å². The van der Waals surface area contributed by atoms with Gasteiger partial charge in [-0.15, -0.1) is 16.4 Å². The molecule has 63 heavy (non-hydrogen) atoms. The van der Waals surface area contributed by atoms with Crippen LogP contribution in [0, 0.1) is 0 Å². The number of nitrogens with zero attached hydrogens (tertiary/aromatic N) is 5. The van der Waals surface area contributed by atoms with Gasteiger partial charge in [0, 0.05) is 11.9 Å². The summed E-state index contributed by atoms with van der Waals surface area (Å²) in [7, 11) is 0. The summed E-state index contributed by atoms with van der Waals surface area (Å²) in [5, 5.41) is 40.1. The first-order chi connectivity index (χ1) is 31.0. The summed E-state index contributed by atoms with van der Waals surface area (Å²) in [6, 6.07) is 68.5. The number of hydrogen-bond acceptors (Lipinski definition) is 10. The molecule has 0 saturated carbocycles. The number of carboxylic acids is 1. The van der Waals surface area contributed by atoms with Crippen molar-refractivity contribution in [3.05, 3.63) is 251 Å². The summed E-state index contributed by atoms with van der Waals surface area (Å²) in [4.78, 5) is 23.8. The predicted molar refractivity (Wildman–Crippen MR) is 247 cm³/mol. The molecule has 2 aromatic heterocycles. The zero-order valence-electron chi connectivity index (χ0n) is 34.0. The van der Waals surface area contributed by atoms with E-state index in [1.807, 2.05) is 121 Å². The summed E-state index contributed by atoms with van der Waals surface area (Å²) < 4.78 is 0. The average Bonchev–Trinajstić information content (AvgIpc) is 3.98. The Kier molecular flexibility index (Phi) is 13.0. The number of para-hydroxylation sites is 1. The first kappa shape index (κ1) is 41.8. The summed E-state index contributed by atoms with van der Waals surface area (Å²) in [6.07, 6.45) is 0. The third kappa shape index (κ3) is 9.08. The summed E-state index contributed by atoms with van der Waals surface area (Å²) in [5.41, 5.74) is 5.96. The van der Waals surface area contributed by atoms with E-state index >= 15 is 0 Å². The number of nitrogens with one attached hydrogen (secondary N) is 2. The van der Waals surface area contributed by atoms with Crippen molar-refractivity contribution in [1.29, 1.82) is 0 Å². The zero-order chi connectivity index (χ0) is 43.3. The largest absolute Gasteiger partial charge is 0.476 e. The Labute approximate surface area is 368 Å². The van der Waals surface area contributed by atoms with E-state index in [4.69, 9.17) is 15.0 Å². The highest BCUT2D eigenvalue weighted by molar-refractivity contribution is 7.14. The van der Waals surface area contributed by atoms with Crippen LogP contribution < -0.4 is 10.6 Å². The van der Waals surface area contributed by atoms with Crippen LogP contribution in [-0.4, -0.2) is 55.3 Å². The van der Waals surface area contributed by atoms with Crippen LogP contribution in [0.25, 0.3) is 11.0 Å². The van der Waals surface area contributed by atoms with E-state index in [0.29, 0.717) is 22.7 Å². The molecule has 9 aromatic rings. The molecule has 7 aromatic carbocycles. The van der Waals surface area contributed by atoms with Crippen molar-refractivity contribution < 1.29 is 19.9 Å². The first-order valence-corrected chi connectivity index (χ1v) is 21.1. The van der Waals surface area contributed by atoms with Gasteiger partial charge in [-0.05, 0) is 50.7 Å². The molecule has 12 heteroatoms. The number of thiazole rings is 1. The molecule has 0 unspecified atom stereocenters. The van der Waals surface area contributed by atoms with Gasteiger partial charge in [-0.3, -0.25) is 5.32 Å². The topological polar surface area (TPSA) is 147 Å². The van der Waals surface area contributed by atoms with Crippen LogP contribution >= 0.6 is 11.3 Å². The maximum atomic E-state index is 12.6. The molecule has 0 fully saturated rings. The third-order valence-corrected chi connectivity index (χ3v) is 11.3. The SMILES string of the molecule is O=C(O)/C(=N\OCCNC(c1ccccc1)(c1ccccc1)c1ccccc1)c1csc(NC(c2ccccc2)(c2ccccc2)c2ccccc2)n1.On1nnc2ccccc21. The monoisotopic (exact) mass is 849 g/mol. The van der Waals surface area contributed by atoms with Gasteiger partial charge < -0.3 is 20.5 Å². The molecule has 0 aliphatic carbocycles. The molecule has 0 aliphatic heterocycles. The van der Waals surface area contributed by atoms with Gasteiger partial charge in [-0.25, -0.2) is 9.78 Å². The second-order valence-corrected chi connectivity index (χ2v) is 15.2. The normalized spacial score (nSPS) is 11.7. The second-order valence-electron chi connectivity index (χ2n) is 14.3. The maximum absolute atomic E-state index is 12.6. The van der Waals surface area contributed by atoms with Gasteiger partial charge in [-0.2, -0.15) is 0 Å². The van der Waals surface area contributed by atoms with Gasteiger partial charge in [0.2, 0.25) is 5.71 Å². The lowest BCUT2D eigenvalue weighted by atomic mass is 9.77. The Balaban J connectivity index is 0.000000475. The van der Waals surface area contributed by atoms with E-state index < -0.39 is 17.0 Å². The molecule has 11 nitrogen and oxygen atoms in total. The highest BCUT2D eigenvalue weighted by atomic mass is 32.1. The van der Waals surface area contributed by atoms with Crippen LogP contribution in [0.2, 0.25) is 0 Å². The summed E-state index contributed by atoms with van der Waals surface area (Å²) in [5.74, 6) is -1.23. The molecule has 2 heterocycles. The van der Waals surface area contributed by atoms with Gasteiger partial charge >= 0.3 is 5.97 Å². The van der Waals surface area contributed by atoms with E-state index in [0.717, 1.165) is 38.2 Å². The molecule has 0 aliphatic rings. The number of fused-ring (bicyclic) bond motifs is 1. The zero-order valence-corrected chi connectivity index (χ0v) is 34.8. The maximum Gasteiger partial charge on any atom is 0.360 e. The fraction of sp³-hybridized carbons (Fsp3) is 0.0784. The average molecular weight is 850 g/mol. The quantitative estimate of drug-likeness (QED) is 0.0260. The van der Waals surface area contributed by atoms with E-state index in [-0.39, 0.29) is 18.0 Å². The van der Waals surface area contributed by atoms with Crippen LogP contribution in [0.5, 0.6) is 0 Å². The molecule has 0 spiro atoms. The molecule has 312 valence electrons. The molecule has 0 radical (unpaired) electrons. The predicted octanol–water partition coefficient (Wildman–Crippen LogP) is 9.60. The molecule has 9 rings (SSSR count). The van der Waals surface area contributed by atoms with Gasteiger partial charge in [-0.1, -0.05) is 204 Å². The molecule has 0 amide bonds. The van der Waals surface area contributed by atoms with Crippen molar-refractivity contribution in [2.45, 2.75) is 11.1 Å². The van der Waals surface area contributed by atoms with Crippen molar-refractivity contribution >= 4 is 39.2 Å². The minimum absolute atomic E-state index is 0.111. The van der Waals surface area contributed by atoms with Crippen LogP contribution in [0.4, 0.5) is 5.13 Å². The smallest absolute Gasteiger partial charge is 0.360 e. The number of carboxylic acid groups (broad SMARTS) is 1. The molecular weight excluding hydrogens is 807 g/mol. The van der Waals surface area contributed by atoms with Crippen molar-refractivity contribution in [3.8, 4) is 0 Å². The standard InChI is InChI=1S/C45H38N4O3S.C6H5N3O/c50-42(51)41(49-52-32-31-46-44(34-19-7-1-8-20-34,35-21-9-2-10-22-35)36-23-11-3-12-24-36)40-33-53-43(47-40)48-45(37-25-13-4-14-26-37,38-27-15-5-16-28-38)39-29-17-6-18-30-39;10-9-6-4-2-1-3-5(6)7-8-9/h1-30,33,46H,31-32H2,(H,47,48)(H,50,51);1-4,10H/b49-41-;. The number of anilines is 1. The number of aliphatic carboxylic acids is 1. The van der Waals surface area contributed by atoms with E-state index in [9.17, 15) is 9.90 Å². The Bertz CT molecular complexity index is 2670. The van der Waals surface area contributed by atoms with Crippen molar-refractivity contribution in [1.82, 2.24) is 25.5 Å². The number of carbonyl (C=O) groups is 1. The Morgan fingerprint density at radius 1 is 0.603 bits per heavy atom. The molecule has 0 saturated heterocycles. The fourth-order valence-corrected chi connectivity index (χ4v) is 8.45. The Morgan fingerprint density at radius 3 is 1.44 bits per heavy atom. The van der Waals surface area contributed by atoms with Crippen molar-refractivity contribution in [2.24, 2.45) is 5.16 Å². The van der Waals surface area contributed by atoms with E-state index in [1.54, 1.807) is 17.5 Å². The summed E-state index contributed by atoms with van der Waals surface area (Å²) in [6.45, 7) is 0.478. The van der Waals surface area contributed by atoms with Crippen molar-refractivity contribution in [3.63, 3.8) is 0 Å². The van der Waals surface area contributed by atoms with E-state index in [2.05, 4.69) is 98.9 Å². The fourth-order valence-electron chi connectivity index (χ4n) is 7.70. The lowest BCUT2D eigenvalue weighted by molar-refractivity contribution is -0.129. The Morgan fingerprint density at radius 2 is 1.02 bits per heavy atom. The lowest BCUT2D eigenvalue weighted by Crippen LogP contribution is -2.46. The van der Waals surface area contributed by atoms with Gasteiger partial charge in [0.25, 0.3) is 0 Å². The number of oxime groups is 1. The minimum Gasteiger partial charge on any atom is -0.476 e. The highest BCUT2D eigenvalue weighted by Gasteiger charge is 2.38. The number of benzene rings is 7. The van der Waals surface area contributed by atoms with Gasteiger partial charge in [0.05, 0.1) is 5.54 Å². The Hall–Kier alpha value is -7.93. The van der Waals surface area contributed by atoms with Crippen LogP contribution in [0.15, 0.2) is 217 Å². The number of hydrogen-bond donors (Lipinski definition) is 4. The number of rotatable bonds is 15. The molecular formula is C51H43N7O4S. The number of aromatic nitrogens is 4. The molecule has 0 bridgehead atoms. The van der Waals surface area contributed by atoms with Gasteiger partial charge in [0.1, 0.15) is 28.9 Å². The molecule has 4 N–H and O–H groups in total. The van der Waals surface area contributed by atoms with Crippen molar-refractivity contribution in [2.75, 3.05) is 18.5 Å². The van der Waals surface area contributed by atoms with Crippen LogP contribution in [0.3, 0.4) is 0 Å². The first-order valence-electron chi connectivity index (χ1n) is 20.2. The van der Waals surface area contributed by atoms with Crippen LogP contribution in [-0.2, 0) is 20.7 Å².